The molecular formula is C26H37NO5. The summed E-state index contributed by atoms with van der Waals surface area (Å²) in [7, 11) is 0. The van der Waals surface area contributed by atoms with Crippen LogP contribution in [-0.2, 0) is 9.59 Å². The van der Waals surface area contributed by atoms with E-state index in [2.05, 4.69) is 18.3 Å². The zero-order valence-corrected chi connectivity index (χ0v) is 19.5. The van der Waals surface area contributed by atoms with Crippen LogP contribution in [0.25, 0.3) is 0 Å². The highest BCUT2D eigenvalue weighted by Crippen LogP contribution is 2.57. The lowest BCUT2D eigenvalue weighted by Crippen LogP contribution is -2.46. The lowest BCUT2D eigenvalue weighted by Gasteiger charge is -2.52. The Bertz CT molecular complexity index is 867. The Balaban J connectivity index is 2.08. The molecule has 0 bridgehead atoms. The Morgan fingerprint density at radius 1 is 1.31 bits per heavy atom. The first-order valence-electron chi connectivity index (χ1n) is 11.7. The summed E-state index contributed by atoms with van der Waals surface area (Å²) < 4.78 is 0. The molecule has 3 rings (SSSR count). The van der Waals surface area contributed by atoms with Crippen molar-refractivity contribution in [3.8, 4) is 0 Å². The van der Waals surface area contributed by atoms with E-state index in [1.54, 1.807) is 6.92 Å². The number of amides is 1. The number of nitrogens with one attached hydrogen (secondary N) is 1. The minimum atomic E-state index is -0.997. The molecule has 0 aromatic carbocycles. The summed E-state index contributed by atoms with van der Waals surface area (Å²) in [6.07, 6.45) is 13.1. The maximum Gasteiger partial charge on any atom is 0.259 e. The molecule has 0 radical (unpaired) electrons. The molecule has 1 saturated heterocycles. The number of carbonyl (C=O) groups is 2. The Hall–Kier alpha value is -2.18. The lowest BCUT2D eigenvalue weighted by atomic mass is 9.52. The predicted molar refractivity (Wildman–Crippen MR) is 124 cm³/mol. The monoisotopic (exact) mass is 443 g/mol. The van der Waals surface area contributed by atoms with Gasteiger partial charge in [-0.3, -0.25) is 9.59 Å². The topological polar surface area (TPSA) is 107 Å². The van der Waals surface area contributed by atoms with Gasteiger partial charge in [0, 0.05) is 11.3 Å². The van der Waals surface area contributed by atoms with E-state index in [0.717, 1.165) is 24.8 Å². The van der Waals surface area contributed by atoms with Gasteiger partial charge in [0.2, 0.25) is 0 Å². The molecule has 1 saturated carbocycles. The second kappa shape index (κ2) is 9.75. The number of rotatable bonds is 6. The Kier molecular flexibility index (Phi) is 7.46. The van der Waals surface area contributed by atoms with Crippen molar-refractivity contribution in [1.29, 1.82) is 0 Å². The molecular weight excluding hydrogens is 406 g/mol. The van der Waals surface area contributed by atoms with Gasteiger partial charge < -0.3 is 20.6 Å². The van der Waals surface area contributed by atoms with E-state index in [-0.39, 0.29) is 29.1 Å². The molecule has 6 nitrogen and oxygen atoms in total. The van der Waals surface area contributed by atoms with E-state index < -0.39 is 35.9 Å². The van der Waals surface area contributed by atoms with Crippen LogP contribution in [0.15, 0.2) is 47.3 Å². The average Bonchev–Trinajstić information content (AvgIpc) is 3.01. The Labute approximate surface area is 190 Å². The Morgan fingerprint density at radius 3 is 2.66 bits per heavy atom. The van der Waals surface area contributed by atoms with Gasteiger partial charge in [-0.05, 0) is 50.9 Å². The molecule has 3 aliphatic rings. The molecule has 0 unspecified atom stereocenters. The first kappa shape index (κ1) is 24.5. The maximum atomic E-state index is 12.8. The summed E-state index contributed by atoms with van der Waals surface area (Å²) in [5, 5.41) is 33.0. The molecule has 4 N–H and O–H groups in total. The highest BCUT2D eigenvalue weighted by Gasteiger charge is 2.54. The molecule has 7 atom stereocenters. The smallest absolute Gasteiger partial charge is 0.259 e. The minimum Gasteiger partial charge on any atom is -0.511 e. The summed E-state index contributed by atoms with van der Waals surface area (Å²) in [6, 6.07) is -0.997. The van der Waals surface area contributed by atoms with Gasteiger partial charge >= 0.3 is 0 Å². The van der Waals surface area contributed by atoms with Gasteiger partial charge in [-0.15, -0.1) is 0 Å². The third-order valence-corrected chi connectivity index (χ3v) is 7.60. The normalized spacial score (nSPS) is 38.1. The molecule has 176 valence electrons. The van der Waals surface area contributed by atoms with Crippen LogP contribution in [0.4, 0.5) is 0 Å². The number of hydrogen-bond donors (Lipinski definition) is 4. The maximum absolute atomic E-state index is 12.8. The quantitative estimate of drug-likeness (QED) is 0.166. The number of carbonyl (C=O) groups excluding carboxylic acids is 2. The number of ketones is 1. The molecule has 1 heterocycles. The van der Waals surface area contributed by atoms with Gasteiger partial charge in [-0.25, -0.2) is 0 Å². The zero-order chi connectivity index (χ0) is 23.6. The van der Waals surface area contributed by atoms with Crippen molar-refractivity contribution in [2.24, 2.45) is 29.1 Å². The number of allylic oxidation sites excluding steroid dienone is 6. The standard InChI is InChI=1S/C26H37NO5/c1-15-10-11-20-18(12-15)13-16(2)19(9-7-5-6-8-17(3)29)26(20,4)24(31)22-23(30)21(14-28)27-25(22)32/h5-7,9,13,15,17-21,28-29,31H,8,10-12,14H2,1-4H3,(H,27,32)/b6-5+,9-7+,24-22-/t15-,17+,18-,19+,20-,21+,26-/m0/s1. The van der Waals surface area contributed by atoms with Crippen LogP contribution in [0, 0.1) is 29.1 Å². The summed E-state index contributed by atoms with van der Waals surface area (Å²) in [6.45, 7) is 7.51. The van der Waals surface area contributed by atoms with Gasteiger partial charge in [-0.1, -0.05) is 56.2 Å². The first-order valence-corrected chi connectivity index (χ1v) is 11.7. The molecule has 1 aliphatic heterocycles. The second-order valence-corrected chi connectivity index (χ2v) is 10.1. The first-order chi connectivity index (χ1) is 15.1. The van der Waals surface area contributed by atoms with E-state index >= 15 is 0 Å². The lowest BCUT2D eigenvalue weighted by molar-refractivity contribution is -0.118. The summed E-state index contributed by atoms with van der Waals surface area (Å²) in [4.78, 5) is 25.4. The highest BCUT2D eigenvalue weighted by atomic mass is 16.3. The molecule has 0 aromatic rings. The molecule has 6 heteroatoms. The molecule has 32 heavy (non-hydrogen) atoms. The molecule has 1 amide bonds. The minimum absolute atomic E-state index is 0.0970. The van der Waals surface area contributed by atoms with E-state index in [1.165, 1.54) is 0 Å². The van der Waals surface area contributed by atoms with Crippen LogP contribution in [0.5, 0.6) is 0 Å². The van der Waals surface area contributed by atoms with Crippen molar-refractivity contribution in [1.82, 2.24) is 5.32 Å². The molecule has 2 aliphatic carbocycles. The van der Waals surface area contributed by atoms with Crippen molar-refractivity contribution in [2.75, 3.05) is 6.61 Å². The van der Waals surface area contributed by atoms with Gasteiger partial charge in [0.1, 0.15) is 17.4 Å². The van der Waals surface area contributed by atoms with Crippen LogP contribution in [0.1, 0.15) is 53.4 Å². The number of aliphatic hydroxyl groups excluding tert-OH is 3. The zero-order valence-electron chi connectivity index (χ0n) is 19.5. The fourth-order valence-electron chi connectivity index (χ4n) is 5.91. The SMILES string of the molecule is CC1=C[C@@H]2C[C@@H](C)CC[C@@H]2[C@@](C)(/C(O)=C2/C(=O)N[C@H](CO)C2=O)[C@@H]1/C=C/C=C/C[C@@H](C)O. The van der Waals surface area contributed by atoms with E-state index in [4.69, 9.17) is 0 Å². The van der Waals surface area contributed by atoms with Gasteiger partial charge in [-0.2, -0.15) is 0 Å². The van der Waals surface area contributed by atoms with E-state index in [1.807, 2.05) is 38.2 Å². The van der Waals surface area contributed by atoms with Crippen molar-refractivity contribution in [3.63, 3.8) is 0 Å². The van der Waals surface area contributed by atoms with Crippen molar-refractivity contribution < 1.29 is 24.9 Å². The number of aliphatic hydroxyl groups is 3. The fraction of sp³-hybridized carbons (Fsp3) is 0.615. The third-order valence-electron chi connectivity index (χ3n) is 7.60. The number of fused-ring (bicyclic) bond motifs is 1. The molecule has 2 fully saturated rings. The van der Waals surface area contributed by atoms with E-state index in [0.29, 0.717) is 12.3 Å². The summed E-state index contributed by atoms with van der Waals surface area (Å²) in [5.41, 5.74) is 0.0895. The van der Waals surface area contributed by atoms with Gasteiger partial charge in [0.25, 0.3) is 5.91 Å². The molecule has 0 spiro atoms. The van der Waals surface area contributed by atoms with Gasteiger partial charge in [0.15, 0.2) is 5.78 Å². The molecule has 0 aromatic heterocycles. The van der Waals surface area contributed by atoms with Crippen molar-refractivity contribution in [3.05, 3.63) is 47.3 Å². The second-order valence-electron chi connectivity index (χ2n) is 10.1. The van der Waals surface area contributed by atoms with Crippen LogP contribution in [-0.4, -0.2) is 45.8 Å². The van der Waals surface area contributed by atoms with Crippen molar-refractivity contribution in [2.45, 2.75) is 65.5 Å². The largest absolute Gasteiger partial charge is 0.511 e. The van der Waals surface area contributed by atoms with E-state index in [9.17, 15) is 24.9 Å². The predicted octanol–water partition coefficient (Wildman–Crippen LogP) is 3.38. The van der Waals surface area contributed by atoms with Crippen LogP contribution >= 0.6 is 0 Å². The Morgan fingerprint density at radius 2 is 2.03 bits per heavy atom. The van der Waals surface area contributed by atoms with Crippen molar-refractivity contribution >= 4 is 11.7 Å². The number of hydrogen-bond acceptors (Lipinski definition) is 5. The third kappa shape index (κ3) is 4.48. The van der Waals surface area contributed by atoms with Gasteiger partial charge in [0.05, 0.1) is 12.7 Å². The number of Topliss-reactive ketones (excluding diaryl/α,β-unsaturated/α-hetero) is 1. The summed E-state index contributed by atoms with van der Waals surface area (Å²) >= 11 is 0. The highest BCUT2D eigenvalue weighted by molar-refractivity contribution is 6.27. The van der Waals surface area contributed by atoms with Crippen LogP contribution in [0.3, 0.4) is 0 Å². The van der Waals surface area contributed by atoms with Crippen LogP contribution in [0.2, 0.25) is 0 Å². The average molecular weight is 444 g/mol. The van der Waals surface area contributed by atoms with Crippen LogP contribution < -0.4 is 5.32 Å². The summed E-state index contributed by atoms with van der Waals surface area (Å²) in [5.74, 6) is -0.533. The fourth-order valence-corrected chi connectivity index (χ4v) is 5.91.